The van der Waals surface area contributed by atoms with E-state index in [1.165, 1.54) is 0 Å². The van der Waals surface area contributed by atoms with Crippen molar-refractivity contribution in [3.63, 3.8) is 0 Å². The van der Waals surface area contributed by atoms with E-state index in [-0.39, 0.29) is 23.9 Å². The molecule has 3 aromatic rings. The van der Waals surface area contributed by atoms with Crippen molar-refractivity contribution < 1.29 is 28.5 Å². The van der Waals surface area contributed by atoms with Gasteiger partial charge in [0.2, 0.25) is 5.78 Å². The summed E-state index contributed by atoms with van der Waals surface area (Å²) in [7, 11) is 3.12. The van der Waals surface area contributed by atoms with Gasteiger partial charge in [0.1, 0.15) is 23.0 Å². The third-order valence-electron chi connectivity index (χ3n) is 5.22. The Hall–Kier alpha value is -4.06. The summed E-state index contributed by atoms with van der Waals surface area (Å²) >= 11 is 0. The fourth-order valence-corrected chi connectivity index (χ4v) is 3.45. The Morgan fingerprint density at radius 1 is 0.969 bits per heavy atom. The summed E-state index contributed by atoms with van der Waals surface area (Å²) < 4.78 is 22.3. The van der Waals surface area contributed by atoms with Crippen LogP contribution >= 0.6 is 0 Å². The molecule has 6 heteroatoms. The molecule has 0 unspecified atom stereocenters. The summed E-state index contributed by atoms with van der Waals surface area (Å²) in [4.78, 5) is 25.2. The summed E-state index contributed by atoms with van der Waals surface area (Å²) in [5, 5.41) is 0. The molecule has 0 N–H and O–H groups in total. The molecule has 3 aromatic carbocycles. The molecule has 0 spiro atoms. The first-order valence-electron chi connectivity index (χ1n) is 10.0. The zero-order chi connectivity index (χ0) is 22.7. The van der Waals surface area contributed by atoms with Crippen LogP contribution in [0, 0.1) is 6.92 Å². The van der Waals surface area contributed by atoms with Gasteiger partial charge in [-0.3, -0.25) is 9.59 Å². The predicted molar refractivity (Wildman–Crippen MR) is 120 cm³/mol. The second-order valence-corrected chi connectivity index (χ2v) is 7.19. The van der Waals surface area contributed by atoms with E-state index in [0.29, 0.717) is 45.3 Å². The Labute approximate surface area is 186 Å². The van der Waals surface area contributed by atoms with Crippen molar-refractivity contribution in [2.75, 3.05) is 20.8 Å². The zero-order valence-corrected chi connectivity index (χ0v) is 18.0. The van der Waals surface area contributed by atoms with Gasteiger partial charge < -0.3 is 18.9 Å². The molecule has 0 atom stereocenters. The molecule has 0 fully saturated rings. The molecule has 0 amide bonds. The van der Waals surface area contributed by atoms with Gasteiger partial charge in [0.25, 0.3) is 0 Å². The summed E-state index contributed by atoms with van der Waals surface area (Å²) in [5.41, 5.74) is 2.37. The van der Waals surface area contributed by atoms with Crippen LogP contribution in [0.1, 0.15) is 31.8 Å². The number of hydrogen-bond acceptors (Lipinski definition) is 6. The van der Waals surface area contributed by atoms with E-state index < -0.39 is 0 Å². The second-order valence-electron chi connectivity index (χ2n) is 7.19. The summed E-state index contributed by atoms with van der Waals surface area (Å²) in [5.74, 6) is 1.95. The highest BCUT2D eigenvalue weighted by Crippen LogP contribution is 2.40. The molecular formula is C26H22O6. The largest absolute Gasteiger partial charge is 0.497 e. The third-order valence-corrected chi connectivity index (χ3v) is 5.22. The molecule has 32 heavy (non-hydrogen) atoms. The van der Waals surface area contributed by atoms with E-state index in [1.54, 1.807) is 81.8 Å². The molecule has 4 rings (SSSR count). The number of carbonyl (C=O) groups excluding carboxylic acids is 2. The van der Waals surface area contributed by atoms with Crippen LogP contribution in [-0.2, 0) is 0 Å². The van der Waals surface area contributed by atoms with Crippen LogP contribution in [0.5, 0.6) is 23.0 Å². The first kappa shape index (κ1) is 21.2. The lowest BCUT2D eigenvalue weighted by molar-refractivity contribution is 0.0920. The van der Waals surface area contributed by atoms with Gasteiger partial charge >= 0.3 is 0 Å². The van der Waals surface area contributed by atoms with Crippen molar-refractivity contribution in [1.82, 2.24) is 0 Å². The average molecular weight is 430 g/mol. The lowest BCUT2D eigenvalue weighted by atomic mass is 10.1. The topological polar surface area (TPSA) is 71.1 Å². The number of ether oxygens (including phenoxy) is 4. The normalized spacial score (nSPS) is 13.5. The van der Waals surface area contributed by atoms with Gasteiger partial charge in [0.05, 0.1) is 19.8 Å². The van der Waals surface area contributed by atoms with E-state index in [2.05, 4.69) is 0 Å². The number of methoxy groups -OCH3 is 2. The van der Waals surface area contributed by atoms with Crippen LogP contribution in [0.25, 0.3) is 6.08 Å². The van der Waals surface area contributed by atoms with Crippen LogP contribution in [0.3, 0.4) is 0 Å². The number of rotatable bonds is 7. The van der Waals surface area contributed by atoms with Crippen molar-refractivity contribution in [3.8, 4) is 23.0 Å². The van der Waals surface area contributed by atoms with E-state index in [1.807, 2.05) is 6.07 Å². The minimum atomic E-state index is -0.229. The highest BCUT2D eigenvalue weighted by molar-refractivity contribution is 6.15. The summed E-state index contributed by atoms with van der Waals surface area (Å²) in [6.07, 6.45) is 1.64. The smallest absolute Gasteiger partial charge is 0.231 e. The highest BCUT2D eigenvalue weighted by Gasteiger charge is 2.30. The van der Waals surface area contributed by atoms with E-state index >= 15 is 0 Å². The maximum atomic E-state index is 12.9. The monoisotopic (exact) mass is 430 g/mol. The minimum Gasteiger partial charge on any atom is -0.497 e. The molecule has 1 aliphatic heterocycles. The molecule has 0 aromatic heterocycles. The predicted octanol–water partition coefficient (Wildman–Crippen LogP) is 4.89. The highest BCUT2D eigenvalue weighted by atomic mass is 16.5. The molecule has 0 bridgehead atoms. The number of carbonyl (C=O) groups is 2. The minimum absolute atomic E-state index is 0.108. The summed E-state index contributed by atoms with van der Waals surface area (Å²) in [6.45, 7) is 1.69. The van der Waals surface area contributed by atoms with E-state index in [9.17, 15) is 9.59 Å². The number of hydrogen-bond donors (Lipinski definition) is 0. The summed E-state index contributed by atoms with van der Waals surface area (Å²) in [6, 6.07) is 17.6. The van der Waals surface area contributed by atoms with Crippen LogP contribution in [-0.4, -0.2) is 32.4 Å². The van der Waals surface area contributed by atoms with Crippen LogP contribution in [0.15, 0.2) is 66.4 Å². The van der Waals surface area contributed by atoms with Gasteiger partial charge in [0, 0.05) is 22.8 Å². The molecular weight excluding hydrogens is 408 g/mol. The van der Waals surface area contributed by atoms with Crippen LogP contribution in [0.2, 0.25) is 0 Å². The Morgan fingerprint density at radius 3 is 2.47 bits per heavy atom. The van der Waals surface area contributed by atoms with Crippen molar-refractivity contribution in [1.29, 1.82) is 0 Å². The molecule has 0 saturated heterocycles. The molecule has 0 radical (unpaired) electrons. The van der Waals surface area contributed by atoms with Gasteiger partial charge in [-0.25, -0.2) is 0 Å². The zero-order valence-electron chi connectivity index (χ0n) is 18.0. The van der Waals surface area contributed by atoms with Crippen LogP contribution < -0.4 is 18.9 Å². The number of ketones is 2. The maximum absolute atomic E-state index is 12.9. The molecule has 1 heterocycles. The molecule has 0 saturated carbocycles. The van der Waals surface area contributed by atoms with Gasteiger partial charge in [-0.1, -0.05) is 30.3 Å². The molecule has 1 aliphatic rings. The van der Waals surface area contributed by atoms with Gasteiger partial charge in [0.15, 0.2) is 18.1 Å². The Morgan fingerprint density at radius 2 is 1.75 bits per heavy atom. The Kier molecular flexibility index (Phi) is 5.94. The van der Waals surface area contributed by atoms with Crippen molar-refractivity contribution >= 4 is 17.6 Å². The fraction of sp³-hybridized carbons (Fsp3) is 0.154. The SMILES string of the molecule is COc1ccc(/C=C2\Oc3c(ccc(OCC(=O)c4ccccc4)c3C)C2=O)c(OC)c1. The van der Waals surface area contributed by atoms with E-state index in [0.717, 1.165) is 0 Å². The molecule has 162 valence electrons. The lowest BCUT2D eigenvalue weighted by Gasteiger charge is -2.11. The van der Waals surface area contributed by atoms with Gasteiger partial charge in [-0.2, -0.15) is 0 Å². The van der Waals surface area contributed by atoms with Gasteiger partial charge in [-0.05, 0) is 37.3 Å². The molecule has 6 nitrogen and oxygen atoms in total. The lowest BCUT2D eigenvalue weighted by Crippen LogP contribution is -2.12. The first-order chi connectivity index (χ1) is 15.5. The second kappa shape index (κ2) is 8.98. The van der Waals surface area contributed by atoms with E-state index in [4.69, 9.17) is 18.9 Å². The Balaban J connectivity index is 1.56. The van der Waals surface area contributed by atoms with Gasteiger partial charge in [-0.15, -0.1) is 0 Å². The van der Waals surface area contributed by atoms with Crippen molar-refractivity contribution in [3.05, 3.63) is 88.7 Å². The third kappa shape index (κ3) is 4.07. The average Bonchev–Trinajstić information content (AvgIpc) is 3.15. The fourth-order valence-electron chi connectivity index (χ4n) is 3.45. The standard InChI is InChI=1S/C26H22O6/c1-16-22(31-15-21(27)17-7-5-4-6-8-17)12-11-20-25(28)24(32-26(16)20)13-18-9-10-19(29-2)14-23(18)30-3/h4-14H,15H2,1-3H3/b24-13-. The molecule has 0 aliphatic carbocycles. The quantitative estimate of drug-likeness (QED) is 0.393. The number of Topliss-reactive ketones (excluding diaryl/α,β-unsaturated/α-hetero) is 2. The van der Waals surface area contributed by atoms with Crippen LogP contribution in [0.4, 0.5) is 0 Å². The number of benzene rings is 3. The number of allylic oxidation sites excluding steroid dienone is 1. The maximum Gasteiger partial charge on any atom is 0.231 e. The van der Waals surface area contributed by atoms with Crippen molar-refractivity contribution in [2.45, 2.75) is 6.92 Å². The number of fused-ring (bicyclic) bond motifs is 1. The Bertz CT molecular complexity index is 1210. The van der Waals surface area contributed by atoms with Crippen molar-refractivity contribution in [2.24, 2.45) is 0 Å². The first-order valence-corrected chi connectivity index (χ1v) is 10.0.